The third-order valence-corrected chi connectivity index (χ3v) is 2.43. The van der Waals surface area contributed by atoms with Crippen LogP contribution in [-0.2, 0) is 11.2 Å². The lowest BCUT2D eigenvalue weighted by molar-refractivity contribution is -0.137. The third-order valence-electron chi connectivity index (χ3n) is 2.43. The van der Waals surface area contributed by atoms with Crippen LogP contribution in [0.3, 0.4) is 0 Å². The van der Waals surface area contributed by atoms with Crippen LogP contribution in [0.15, 0.2) is 12.1 Å². The van der Waals surface area contributed by atoms with Crippen molar-refractivity contribution in [3.8, 4) is 11.5 Å². The van der Waals surface area contributed by atoms with Gasteiger partial charge in [0.2, 0.25) is 0 Å². The number of aromatic hydroxyl groups is 1. The Hall–Kier alpha value is -1.71. The summed E-state index contributed by atoms with van der Waals surface area (Å²) in [6.07, 6.45) is 1.20. The van der Waals surface area contributed by atoms with E-state index in [4.69, 9.17) is 9.84 Å². The summed E-state index contributed by atoms with van der Waals surface area (Å²) in [5.74, 6) is -0.0166. The lowest BCUT2D eigenvalue weighted by Crippen LogP contribution is -1.97. The lowest BCUT2D eigenvalue weighted by atomic mass is 10.0. The standard InChI is InChI=1S/C12H16O4/c1-8-6-9(4-3-5-12(14)15)10(13)7-11(8)16-2/h6-7,13H,3-5H2,1-2H3,(H,14,15). The lowest BCUT2D eigenvalue weighted by Gasteiger charge is -2.09. The molecule has 1 rings (SSSR count). The predicted octanol–water partition coefficient (Wildman–Crippen LogP) is 2.12. The van der Waals surface area contributed by atoms with Crippen molar-refractivity contribution in [2.75, 3.05) is 7.11 Å². The van der Waals surface area contributed by atoms with Crippen LogP contribution in [-0.4, -0.2) is 23.3 Å². The Morgan fingerprint density at radius 3 is 2.69 bits per heavy atom. The maximum absolute atomic E-state index is 10.4. The highest BCUT2D eigenvalue weighted by molar-refractivity contribution is 5.66. The first-order chi connectivity index (χ1) is 7.54. The van der Waals surface area contributed by atoms with Crippen LogP contribution in [0.4, 0.5) is 0 Å². The average Bonchev–Trinajstić information content (AvgIpc) is 2.22. The second-order valence-electron chi connectivity index (χ2n) is 3.70. The number of hydrogen-bond donors (Lipinski definition) is 2. The predicted molar refractivity (Wildman–Crippen MR) is 60.0 cm³/mol. The monoisotopic (exact) mass is 224 g/mol. The van der Waals surface area contributed by atoms with E-state index in [-0.39, 0.29) is 12.2 Å². The molecule has 0 atom stereocenters. The van der Waals surface area contributed by atoms with Crippen LogP contribution in [0.25, 0.3) is 0 Å². The van der Waals surface area contributed by atoms with Crippen molar-refractivity contribution in [1.82, 2.24) is 0 Å². The number of rotatable bonds is 5. The number of hydrogen-bond acceptors (Lipinski definition) is 3. The van der Waals surface area contributed by atoms with Gasteiger partial charge in [-0.1, -0.05) is 0 Å². The number of phenolic OH excluding ortho intramolecular Hbond substituents is 1. The number of carboxylic acids is 1. The fourth-order valence-electron chi connectivity index (χ4n) is 1.59. The first-order valence-electron chi connectivity index (χ1n) is 5.13. The highest BCUT2D eigenvalue weighted by Crippen LogP contribution is 2.28. The zero-order valence-corrected chi connectivity index (χ0v) is 9.49. The molecule has 2 N–H and O–H groups in total. The molecule has 0 bridgehead atoms. The van der Waals surface area contributed by atoms with Gasteiger partial charge >= 0.3 is 5.97 Å². The number of benzene rings is 1. The Morgan fingerprint density at radius 2 is 2.12 bits per heavy atom. The average molecular weight is 224 g/mol. The second kappa shape index (κ2) is 5.39. The maximum Gasteiger partial charge on any atom is 0.303 e. The molecular weight excluding hydrogens is 208 g/mol. The van der Waals surface area contributed by atoms with E-state index in [1.165, 1.54) is 0 Å². The van der Waals surface area contributed by atoms with Crippen LogP contribution in [0.1, 0.15) is 24.0 Å². The molecule has 0 aromatic heterocycles. The number of aryl methyl sites for hydroxylation is 2. The highest BCUT2D eigenvalue weighted by atomic mass is 16.5. The molecule has 0 unspecified atom stereocenters. The Labute approximate surface area is 94.5 Å². The summed E-state index contributed by atoms with van der Waals surface area (Å²) < 4.78 is 5.07. The van der Waals surface area contributed by atoms with Gasteiger partial charge in [0.15, 0.2) is 0 Å². The summed E-state index contributed by atoms with van der Waals surface area (Å²) in [7, 11) is 1.55. The van der Waals surface area contributed by atoms with Crippen molar-refractivity contribution < 1.29 is 19.7 Å². The fourth-order valence-corrected chi connectivity index (χ4v) is 1.59. The van der Waals surface area contributed by atoms with E-state index < -0.39 is 5.97 Å². The third kappa shape index (κ3) is 3.15. The van der Waals surface area contributed by atoms with E-state index >= 15 is 0 Å². The van der Waals surface area contributed by atoms with Gasteiger partial charge in [-0.2, -0.15) is 0 Å². The van der Waals surface area contributed by atoms with E-state index in [1.54, 1.807) is 13.2 Å². The van der Waals surface area contributed by atoms with E-state index in [0.717, 1.165) is 11.1 Å². The summed E-state index contributed by atoms with van der Waals surface area (Å²) in [5.41, 5.74) is 1.70. The van der Waals surface area contributed by atoms with Crippen molar-refractivity contribution in [3.63, 3.8) is 0 Å². The molecule has 4 nitrogen and oxygen atoms in total. The molecule has 16 heavy (non-hydrogen) atoms. The topological polar surface area (TPSA) is 66.8 Å². The molecule has 0 saturated heterocycles. The normalized spacial score (nSPS) is 10.1. The quantitative estimate of drug-likeness (QED) is 0.803. The van der Waals surface area contributed by atoms with Crippen molar-refractivity contribution in [3.05, 3.63) is 23.3 Å². The summed E-state index contributed by atoms with van der Waals surface area (Å²) in [6.45, 7) is 1.89. The number of methoxy groups -OCH3 is 1. The molecule has 1 aromatic carbocycles. The molecule has 4 heteroatoms. The van der Waals surface area contributed by atoms with E-state index in [9.17, 15) is 9.90 Å². The van der Waals surface area contributed by atoms with Gasteiger partial charge in [-0.3, -0.25) is 4.79 Å². The minimum atomic E-state index is -0.815. The molecule has 0 aliphatic carbocycles. The molecule has 0 radical (unpaired) electrons. The van der Waals surface area contributed by atoms with Gasteiger partial charge in [-0.15, -0.1) is 0 Å². The molecule has 0 amide bonds. The van der Waals surface area contributed by atoms with Crippen LogP contribution < -0.4 is 4.74 Å². The summed E-state index contributed by atoms with van der Waals surface area (Å²) in [4.78, 5) is 10.4. The molecule has 0 heterocycles. The largest absolute Gasteiger partial charge is 0.508 e. The Kier molecular flexibility index (Phi) is 4.17. The van der Waals surface area contributed by atoms with Gasteiger partial charge < -0.3 is 14.9 Å². The first kappa shape index (κ1) is 12.4. The van der Waals surface area contributed by atoms with Gasteiger partial charge in [0.25, 0.3) is 0 Å². The number of aliphatic carboxylic acids is 1. The smallest absolute Gasteiger partial charge is 0.303 e. The van der Waals surface area contributed by atoms with Gasteiger partial charge in [0.1, 0.15) is 11.5 Å². The number of carboxylic acid groups (broad SMARTS) is 1. The van der Waals surface area contributed by atoms with Gasteiger partial charge in [0.05, 0.1) is 7.11 Å². The SMILES string of the molecule is COc1cc(O)c(CCCC(=O)O)cc1C. The second-order valence-corrected chi connectivity index (χ2v) is 3.70. The summed E-state index contributed by atoms with van der Waals surface area (Å²) in [5, 5.41) is 18.2. The minimum absolute atomic E-state index is 0.116. The molecule has 0 aliphatic heterocycles. The molecule has 0 saturated carbocycles. The highest BCUT2D eigenvalue weighted by Gasteiger charge is 2.07. The molecule has 0 fully saturated rings. The molecular formula is C12H16O4. The van der Waals surface area contributed by atoms with Crippen LogP contribution >= 0.6 is 0 Å². The summed E-state index contributed by atoms with van der Waals surface area (Å²) >= 11 is 0. The molecule has 1 aromatic rings. The van der Waals surface area contributed by atoms with E-state index in [1.807, 2.05) is 13.0 Å². The number of phenols is 1. The Balaban J connectivity index is 2.73. The van der Waals surface area contributed by atoms with Crippen LogP contribution in [0.2, 0.25) is 0 Å². The maximum atomic E-state index is 10.4. The zero-order chi connectivity index (χ0) is 12.1. The molecule has 0 spiro atoms. The molecule has 0 aliphatic rings. The Bertz CT molecular complexity index is 385. The van der Waals surface area contributed by atoms with Gasteiger partial charge in [-0.05, 0) is 37.0 Å². The van der Waals surface area contributed by atoms with Crippen LogP contribution in [0.5, 0.6) is 11.5 Å². The van der Waals surface area contributed by atoms with Crippen molar-refractivity contribution >= 4 is 5.97 Å². The minimum Gasteiger partial charge on any atom is -0.508 e. The van der Waals surface area contributed by atoms with Crippen molar-refractivity contribution in [2.45, 2.75) is 26.2 Å². The zero-order valence-electron chi connectivity index (χ0n) is 9.49. The number of ether oxygens (including phenoxy) is 1. The van der Waals surface area contributed by atoms with Crippen molar-refractivity contribution in [1.29, 1.82) is 0 Å². The van der Waals surface area contributed by atoms with E-state index in [0.29, 0.717) is 18.6 Å². The van der Waals surface area contributed by atoms with Crippen LogP contribution in [0, 0.1) is 6.92 Å². The van der Waals surface area contributed by atoms with Gasteiger partial charge in [-0.25, -0.2) is 0 Å². The van der Waals surface area contributed by atoms with E-state index in [2.05, 4.69) is 0 Å². The fraction of sp³-hybridized carbons (Fsp3) is 0.417. The number of carbonyl (C=O) groups is 1. The summed E-state index contributed by atoms with van der Waals surface area (Å²) in [6, 6.07) is 3.39. The van der Waals surface area contributed by atoms with Gasteiger partial charge in [0, 0.05) is 12.5 Å². The molecule has 88 valence electrons. The Morgan fingerprint density at radius 1 is 1.44 bits per heavy atom. The van der Waals surface area contributed by atoms with Crippen molar-refractivity contribution in [2.24, 2.45) is 0 Å². The first-order valence-corrected chi connectivity index (χ1v) is 5.13.